The van der Waals surface area contributed by atoms with Crippen LogP contribution in [-0.4, -0.2) is 34.7 Å². The van der Waals surface area contributed by atoms with Crippen LogP contribution < -0.4 is 0 Å². The highest BCUT2D eigenvalue weighted by Crippen LogP contribution is 2.40. The molecule has 0 bridgehead atoms. The summed E-state index contributed by atoms with van der Waals surface area (Å²) in [6.45, 7) is 13.8. The first-order valence-electron chi connectivity index (χ1n) is 6.40. The topological polar surface area (TPSA) is 55.7 Å². The zero-order chi connectivity index (χ0) is 15.3. The van der Waals surface area contributed by atoms with Crippen LogP contribution in [0.5, 0.6) is 0 Å². The number of isocyanates is 1. The molecule has 110 valence electrons. The minimum atomic E-state index is -1.19. The number of nitrogens with zero attached hydrogens (tertiary/aromatic N) is 1. The fourth-order valence-corrected chi connectivity index (χ4v) is 2.73. The maximum absolute atomic E-state index is 12.3. The summed E-state index contributed by atoms with van der Waals surface area (Å²) in [5.41, 5.74) is -1.71. The van der Waals surface area contributed by atoms with Crippen molar-refractivity contribution in [2.24, 2.45) is 10.4 Å². The number of hydrogen-bond acceptors (Lipinski definition) is 5. The van der Waals surface area contributed by atoms with Crippen molar-refractivity contribution in [2.45, 2.75) is 58.8 Å². The molecule has 0 aromatic carbocycles. The highest BCUT2D eigenvalue weighted by Gasteiger charge is 2.51. The molecule has 0 saturated heterocycles. The van der Waals surface area contributed by atoms with Gasteiger partial charge in [-0.25, -0.2) is 9.59 Å². The average molecular weight is 287 g/mol. The number of ether oxygens (including phenoxy) is 1. The lowest BCUT2D eigenvalue weighted by molar-refractivity contribution is -0.152. The Morgan fingerprint density at radius 2 is 1.74 bits per heavy atom. The molecule has 0 aromatic rings. The van der Waals surface area contributed by atoms with Crippen LogP contribution in [0.2, 0.25) is 0 Å². The zero-order valence-electron chi connectivity index (χ0n) is 13.0. The van der Waals surface area contributed by atoms with Crippen LogP contribution in [0.25, 0.3) is 0 Å². The molecule has 0 aliphatic rings. The number of aliphatic imine (C=N–C) groups is 1. The zero-order valence-corrected chi connectivity index (χ0v) is 13.8. The minimum Gasteiger partial charge on any atom is -0.464 e. The lowest BCUT2D eigenvalue weighted by Gasteiger charge is -2.39. The third-order valence-corrected chi connectivity index (χ3v) is 4.23. The molecule has 0 N–H and O–H groups in total. The largest absolute Gasteiger partial charge is 0.464 e. The predicted octanol–water partition coefficient (Wildman–Crippen LogP) is 3.20. The Morgan fingerprint density at radius 3 is 2.05 bits per heavy atom. The van der Waals surface area contributed by atoms with Crippen LogP contribution in [0.15, 0.2) is 4.99 Å². The second-order valence-electron chi connectivity index (χ2n) is 6.43. The van der Waals surface area contributed by atoms with E-state index in [-0.39, 0.29) is 11.4 Å². The lowest BCUT2D eigenvalue weighted by Crippen LogP contribution is -2.52. The summed E-state index contributed by atoms with van der Waals surface area (Å²) in [5.74, 6) is -0.0590. The first-order chi connectivity index (χ1) is 8.50. The Kier molecular flexibility index (Phi) is 6.30. The van der Waals surface area contributed by atoms with Gasteiger partial charge < -0.3 is 4.74 Å². The molecular formula is C14H25NO3S. The summed E-state index contributed by atoms with van der Waals surface area (Å²) >= 11 is 1.59. The third kappa shape index (κ3) is 5.00. The molecule has 19 heavy (non-hydrogen) atoms. The Morgan fingerprint density at radius 1 is 1.21 bits per heavy atom. The molecule has 0 unspecified atom stereocenters. The number of carbonyl (C=O) groups excluding carboxylic acids is 2. The summed E-state index contributed by atoms with van der Waals surface area (Å²) in [6.07, 6.45) is 1.55. The highest BCUT2D eigenvalue weighted by atomic mass is 32.2. The molecular weight excluding hydrogens is 262 g/mol. The van der Waals surface area contributed by atoms with Crippen molar-refractivity contribution in [3.05, 3.63) is 0 Å². The van der Waals surface area contributed by atoms with Crippen LogP contribution in [0, 0.1) is 5.41 Å². The average Bonchev–Trinajstić information content (AvgIpc) is 2.21. The second-order valence-corrected chi connectivity index (χ2v) is 8.24. The quantitative estimate of drug-likeness (QED) is 0.442. The van der Waals surface area contributed by atoms with Crippen LogP contribution in [-0.2, 0) is 14.3 Å². The fraction of sp³-hybridized carbons (Fsp3) is 0.857. The fourth-order valence-electron chi connectivity index (χ4n) is 1.48. The van der Waals surface area contributed by atoms with E-state index in [1.807, 2.05) is 20.8 Å². The number of rotatable bonds is 5. The van der Waals surface area contributed by atoms with Gasteiger partial charge in [0, 0.05) is 10.5 Å². The van der Waals surface area contributed by atoms with E-state index >= 15 is 0 Å². The van der Waals surface area contributed by atoms with Gasteiger partial charge >= 0.3 is 5.97 Å². The summed E-state index contributed by atoms with van der Waals surface area (Å²) in [5, 5.41) is 0. The second kappa shape index (κ2) is 6.58. The van der Waals surface area contributed by atoms with Crippen molar-refractivity contribution >= 4 is 23.8 Å². The van der Waals surface area contributed by atoms with E-state index in [2.05, 4.69) is 25.8 Å². The maximum atomic E-state index is 12.3. The molecule has 0 heterocycles. The molecule has 0 amide bonds. The van der Waals surface area contributed by atoms with Gasteiger partial charge in [0.05, 0.1) is 6.61 Å². The van der Waals surface area contributed by atoms with Gasteiger partial charge in [0.15, 0.2) is 5.54 Å². The molecule has 5 heteroatoms. The Balaban J connectivity index is 5.53. The Bertz CT molecular complexity index is 362. The van der Waals surface area contributed by atoms with Crippen LogP contribution in [0.3, 0.4) is 0 Å². The Hall–Kier alpha value is -0.800. The van der Waals surface area contributed by atoms with Gasteiger partial charge in [-0.3, -0.25) is 0 Å². The Labute approximate surface area is 120 Å². The van der Waals surface area contributed by atoms with Gasteiger partial charge in [-0.1, -0.05) is 41.5 Å². The van der Waals surface area contributed by atoms with E-state index in [4.69, 9.17) is 4.74 Å². The number of carbonyl (C=O) groups is 1. The monoisotopic (exact) mass is 287 g/mol. The molecule has 0 radical (unpaired) electrons. The van der Waals surface area contributed by atoms with E-state index in [0.29, 0.717) is 5.75 Å². The summed E-state index contributed by atoms with van der Waals surface area (Å²) in [6, 6.07) is 0. The first kappa shape index (κ1) is 18.2. The van der Waals surface area contributed by atoms with Gasteiger partial charge in [0.2, 0.25) is 6.08 Å². The van der Waals surface area contributed by atoms with Crippen molar-refractivity contribution in [3.8, 4) is 0 Å². The van der Waals surface area contributed by atoms with Crippen molar-refractivity contribution in [3.63, 3.8) is 0 Å². The number of thioether (sulfide) groups is 1. The van der Waals surface area contributed by atoms with Crippen molar-refractivity contribution < 1.29 is 14.3 Å². The van der Waals surface area contributed by atoms with Crippen LogP contribution in [0.4, 0.5) is 0 Å². The van der Waals surface area contributed by atoms with Crippen LogP contribution in [0.1, 0.15) is 48.5 Å². The van der Waals surface area contributed by atoms with Gasteiger partial charge in [0.1, 0.15) is 0 Å². The minimum absolute atomic E-state index is 0.0264. The highest BCUT2D eigenvalue weighted by molar-refractivity contribution is 8.00. The van der Waals surface area contributed by atoms with Crippen molar-refractivity contribution in [1.29, 1.82) is 0 Å². The van der Waals surface area contributed by atoms with E-state index in [1.165, 1.54) is 0 Å². The molecule has 1 atom stereocenters. The summed E-state index contributed by atoms with van der Waals surface area (Å²) < 4.78 is 5.10. The smallest absolute Gasteiger partial charge is 0.336 e. The predicted molar refractivity (Wildman–Crippen MR) is 79.2 cm³/mol. The van der Waals surface area contributed by atoms with Gasteiger partial charge in [0.25, 0.3) is 0 Å². The number of hydrogen-bond donors (Lipinski definition) is 0. The van der Waals surface area contributed by atoms with Crippen molar-refractivity contribution in [1.82, 2.24) is 0 Å². The van der Waals surface area contributed by atoms with Gasteiger partial charge in [-0.2, -0.15) is 16.8 Å². The normalized spacial score (nSPS) is 15.3. The summed E-state index contributed by atoms with van der Waals surface area (Å²) in [4.78, 5) is 26.9. The van der Waals surface area contributed by atoms with E-state index in [1.54, 1.807) is 24.8 Å². The number of esters is 1. The SMILES string of the molecule is CCOC(=O)[C@@](CSC(C)(C)C)(N=C=O)C(C)(C)C. The first-order valence-corrected chi connectivity index (χ1v) is 7.39. The molecule has 0 spiro atoms. The third-order valence-electron chi connectivity index (χ3n) is 2.80. The lowest BCUT2D eigenvalue weighted by atomic mass is 9.75. The maximum Gasteiger partial charge on any atom is 0.336 e. The molecule has 0 aliphatic heterocycles. The molecule has 4 nitrogen and oxygen atoms in total. The molecule has 0 aromatic heterocycles. The standard InChI is InChI=1S/C14H25NO3S/c1-8-18-11(17)14(15-10-16,12(2,3)4)9-19-13(5,6)7/h8-9H2,1-7H3/t14-/m1/s1. The summed E-state index contributed by atoms with van der Waals surface area (Å²) in [7, 11) is 0. The molecule has 0 saturated carbocycles. The van der Waals surface area contributed by atoms with Gasteiger partial charge in [-0.05, 0) is 12.3 Å². The van der Waals surface area contributed by atoms with E-state index in [0.717, 1.165) is 0 Å². The van der Waals surface area contributed by atoms with Crippen LogP contribution >= 0.6 is 11.8 Å². The van der Waals surface area contributed by atoms with Gasteiger partial charge in [-0.15, -0.1) is 0 Å². The molecule has 0 rings (SSSR count). The molecule has 0 fully saturated rings. The molecule has 0 aliphatic carbocycles. The van der Waals surface area contributed by atoms with Crippen molar-refractivity contribution in [2.75, 3.05) is 12.4 Å². The van der Waals surface area contributed by atoms with E-state index in [9.17, 15) is 9.59 Å². The van der Waals surface area contributed by atoms with E-state index < -0.39 is 16.9 Å².